The Bertz CT molecular complexity index is 1230. The van der Waals surface area contributed by atoms with Crippen LogP contribution in [0.25, 0.3) is 0 Å². The molecule has 10 heteroatoms. The van der Waals surface area contributed by atoms with Gasteiger partial charge in [0.25, 0.3) is 0 Å². The Labute approximate surface area is 201 Å². The second-order valence-electron chi connectivity index (χ2n) is 9.19. The number of aromatic nitrogens is 4. The highest BCUT2D eigenvalue weighted by atomic mass is 19.1. The van der Waals surface area contributed by atoms with Gasteiger partial charge in [-0.05, 0) is 58.9 Å². The molecule has 2 fully saturated rings. The second kappa shape index (κ2) is 9.52. The number of benzene rings is 2. The van der Waals surface area contributed by atoms with E-state index in [1.54, 1.807) is 13.0 Å². The van der Waals surface area contributed by atoms with Crippen molar-refractivity contribution in [3.8, 4) is 0 Å². The molecule has 2 amide bonds. The highest BCUT2D eigenvalue weighted by Gasteiger charge is 2.40. The molecule has 35 heavy (non-hydrogen) atoms. The molecule has 1 aromatic heterocycles. The lowest BCUT2D eigenvalue weighted by atomic mass is 9.96. The van der Waals surface area contributed by atoms with Crippen LogP contribution in [0.15, 0.2) is 48.5 Å². The van der Waals surface area contributed by atoms with Crippen molar-refractivity contribution >= 4 is 11.8 Å². The Hall–Kier alpha value is -3.69. The third-order valence-corrected chi connectivity index (χ3v) is 6.66. The highest BCUT2D eigenvalue weighted by Crippen LogP contribution is 2.42. The Morgan fingerprint density at radius 2 is 1.91 bits per heavy atom. The zero-order valence-corrected chi connectivity index (χ0v) is 19.3. The molecule has 2 heterocycles. The van der Waals surface area contributed by atoms with Crippen molar-refractivity contribution in [2.45, 2.75) is 56.9 Å². The molecule has 0 radical (unpaired) electrons. The summed E-state index contributed by atoms with van der Waals surface area (Å²) >= 11 is 0. The van der Waals surface area contributed by atoms with E-state index in [1.165, 1.54) is 15.6 Å². The quantitative estimate of drug-likeness (QED) is 0.562. The molecule has 2 aromatic carbocycles. The Kier molecular flexibility index (Phi) is 6.27. The van der Waals surface area contributed by atoms with E-state index in [2.05, 4.69) is 20.8 Å². The average Bonchev–Trinajstić information content (AvgIpc) is 3.50. The molecule has 0 unspecified atom stereocenters. The Morgan fingerprint density at radius 1 is 1.14 bits per heavy atom. The topological polar surface area (TPSA) is 93.0 Å². The SMILES string of the molecule is Cc1nnnn1CC(=O)N1C[C@H](F)C[C@H]1C(=O)N[C@@H](c1ccccc1)c1ccc(C2CC2)c(F)c1. The van der Waals surface area contributed by atoms with E-state index >= 15 is 0 Å². The van der Waals surface area contributed by atoms with Gasteiger partial charge in [-0.1, -0.05) is 42.5 Å². The molecule has 1 saturated heterocycles. The number of hydrogen-bond acceptors (Lipinski definition) is 5. The summed E-state index contributed by atoms with van der Waals surface area (Å²) in [5, 5.41) is 14.0. The van der Waals surface area contributed by atoms with Gasteiger partial charge >= 0.3 is 0 Å². The molecular weight excluding hydrogens is 454 g/mol. The van der Waals surface area contributed by atoms with E-state index in [0.29, 0.717) is 17.0 Å². The van der Waals surface area contributed by atoms with Crippen LogP contribution < -0.4 is 5.32 Å². The Balaban J connectivity index is 1.38. The first kappa shape index (κ1) is 23.1. The van der Waals surface area contributed by atoms with Crippen LogP contribution in [0.3, 0.4) is 0 Å². The van der Waals surface area contributed by atoms with Crippen molar-refractivity contribution in [1.29, 1.82) is 0 Å². The predicted molar refractivity (Wildman–Crippen MR) is 122 cm³/mol. The number of alkyl halides is 1. The van der Waals surface area contributed by atoms with Crippen molar-refractivity contribution in [3.05, 3.63) is 76.9 Å². The minimum atomic E-state index is -1.32. The second-order valence-corrected chi connectivity index (χ2v) is 9.19. The molecule has 1 saturated carbocycles. The van der Waals surface area contributed by atoms with Gasteiger partial charge in [-0.15, -0.1) is 5.10 Å². The molecule has 1 aliphatic carbocycles. The minimum Gasteiger partial charge on any atom is -0.343 e. The summed E-state index contributed by atoms with van der Waals surface area (Å²) in [6, 6.07) is 12.6. The maximum absolute atomic E-state index is 14.9. The van der Waals surface area contributed by atoms with Crippen LogP contribution in [0.2, 0.25) is 0 Å². The normalized spacial score (nSPS) is 20.6. The van der Waals surface area contributed by atoms with Gasteiger partial charge in [0.1, 0.15) is 30.4 Å². The fraction of sp³-hybridized carbons (Fsp3) is 0.400. The number of halogens is 2. The van der Waals surface area contributed by atoms with Gasteiger partial charge in [0.05, 0.1) is 12.6 Å². The van der Waals surface area contributed by atoms with Crippen LogP contribution in [0.1, 0.15) is 53.7 Å². The lowest BCUT2D eigenvalue weighted by Gasteiger charge is -2.27. The van der Waals surface area contributed by atoms with Gasteiger partial charge in [-0.2, -0.15) is 0 Å². The number of amides is 2. The van der Waals surface area contributed by atoms with Crippen LogP contribution >= 0.6 is 0 Å². The van der Waals surface area contributed by atoms with Gasteiger partial charge < -0.3 is 10.2 Å². The number of carbonyl (C=O) groups excluding carboxylic acids is 2. The van der Waals surface area contributed by atoms with E-state index in [4.69, 9.17) is 0 Å². The number of rotatable bonds is 7. The van der Waals surface area contributed by atoms with Gasteiger partial charge in [-0.3, -0.25) is 9.59 Å². The van der Waals surface area contributed by atoms with E-state index in [9.17, 15) is 18.4 Å². The van der Waals surface area contributed by atoms with Crippen LogP contribution in [0, 0.1) is 12.7 Å². The first-order valence-corrected chi connectivity index (χ1v) is 11.7. The van der Waals surface area contributed by atoms with Crippen molar-refractivity contribution in [2.24, 2.45) is 0 Å². The number of nitrogens with one attached hydrogen (secondary N) is 1. The average molecular weight is 481 g/mol. The number of likely N-dealkylation sites (tertiary alicyclic amines) is 1. The third-order valence-electron chi connectivity index (χ3n) is 6.66. The number of hydrogen-bond donors (Lipinski definition) is 1. The first-order valence-electron chi connectivity index (χ1n) is 11.7. The summed E-state index contributed by atoms with van der Waals surface area (Å²) in [4.78, 5) is 27.5. The summed E-state index contributed by atoms with van der Waals surface area (Å²) in [5.41, 5.74) is 2.04. The smallest absolute Gasteiger partial charge is 0.245 e. The lowest BCUT2D eigenvalue weighted by Crippen LogP contribution is -2.48. The largest absolute Gasteiger partial charge is 0.343 e. The molecule has 182 valence electrons. The summed E-state index contributed by atoms with van der Waals surface area (Å²) in [7, 11) is 0. The molecule has 3 aromatic rings. The summed E-state index contributed by atoms with van der Waals surface area (Å²) < 4.78 is 30.6. The van der Waals surface area contributed by atoms with Crippen molar-refractivity contribution in [2.75, 3.05) is 6.54 Å². The monoisotopic (exact) mass is 480 g/mol. The zero-order valence-electron chi connectivity index (χ0n) is 19.3. The number of nitrogens with zero attached hydrogens (tertiary/aromatic N) is 5. The molecule has 3 atom stereocenters. The maximum atomic E-state index is 14.9. The standard InChI is InChI=1S/C25H26F2N6O2/c1-15-29-30-31-33(15)14-23(34)32-13-19(26)12-22(32)25(35)28-24(17-5-3-2-4-6-17)18-9-10-20(16-7-8-16)21(27)11-18/h2-6,9-11,16,19,22,24H,7-8,12-14H2,1H3,(H,28,35)/t19-,22+,24+/m1/s1. The molecular formula is C25H26F2N6O2. The van der Waals surface area contributed by atoms with Crippen LogP contribution in [0.5, 0.6) is 0 Å². The third kappa shape index (κ3) is 4.91. The summed E-state index contributed by atoms with van der Waals surface area (Å²) in [5.74, 6) is -0.531. The zero-order chi connectivity index (χ0) is 24.5. The maximum Gasteiger partial charge on any atom is 0.245 e. The lowest BCUT2D eigenvalue weighted by molar-refractivity contribution is -0.139. The molecule has 5 rings (SSSR count). The summed E-state index contributed by atoms with van der Waals surface area (Å²) in [6.07, 6.45) is 0.530. The Morgan fingerprint density at radius 3 is 2.57 bits per heavy atom. The van der Waals surface area contributed by atoms with Crippen molar-refractivity contribution in [1.82, 2.24) is 30.4 Å². The fourth-order valence-electron chi connectivity index (χ4n) is 4.61. The van der Waals surface area contributed by atoms with Crippen molar-refractivity contribution in [3.63, 3.8) is 0 Å². The fourth-order valence-corrected chi connectivity index (χ4v) is 4.61. The molecule has 8 nitrogen and oxygen atoms in total. The molecule has 0 spiro atoms. The molecule has 2 aliphatic rings. The van der Waals surface area contributed by atoms with E-state index in [-0.39, 0.29) is 31.2 Å². The van der Waals surface area contributed by atoms with Crippen molar-refractivity contribution < 1.29 is 18.4 Å². The molecule has 1 aliphatic heterocycles. The predicted octanol–water partition coefficient (Wildman–Crippen LogP) is 2.84. The van der Waals surface area contributed by atoms with Gasteiger partial charge in [0, 0.05) is 6.42 Å². The van der Waals surface area contributed by atoms with Gasteiger partial charge in [0.15, 0.2) is 0 Å². The molecule has 0 bridgehead atoms. The van der Waals surface area contributed by atoms with Crippen LogP contribution in [0.4, 0.5) is 8.78 Å². The van der Waals surface area contributed by atoms with Gasteiger partial charge in [-0.25, -0.2) is 13.5 Å². The number of aryl methyl sites for hydroxylation is 1. The minimum absolute atomic E-state index is 0.108. The van der Waals surface area contributed by atoms with E-state index in [1.807, 2.05) is 36.4 Å². The van der Waals surface area contributed by atoms with E-state index in [0.717, 1.165) is 18.4 Å². The molecule has 1 N–H and O–H groups in total. The number of tetrazole rings is 1. The van der Waals surface area contributed by atoms with Gasteiger partial charge in [0.2, 0.25) is 11.8 Å². The number of carbonyl (C=O) groups is 2. The highest BCUT2D eigenvalue weighted by molar-refractivity contribution is 5.88. The van der Waals surface area contributed by atoms with E-state index < -0.39 is 30.1 Å². The first-order chi connectivity index (χ1) is 16.9. The summed E-state index contributed by atoms with van der Waals surface area (Å²) in [6.45, 7) is 1.28. The van der Waals surface area contributed by atoms with Crippen LogP contribution in [-0.4, -0.2) is 55.7 Å². The van der Waals surface area contributed by atoms with Crippen LogP contribution in [-0.2, 0) is 16.1 Å².